The summed E-state index contributed by atoms with van der Waals surface area (Å²) in [6.45, 7) is 4.49. The highest BCUT2D eigenvalue weighted by atomic mass is 15.3. The quantitative estimate of drug-likeness (QED) is 0.610. The molecule has 0 aromatic carbocycles. The van der Waals surface area contributed by atoms with Gasteiger partial charge in [-0.2, -0.15) is 5.10 Å². The summed E-state index contributed by atoms with van der Waals surface area (Å²) in [7, 11) is 2.07. The van der Waals surface area contributed by atoms with Gasteiger partial charge in [0.2, 0.25) is 0 Å². The number of aromatic nitrogens is 2. The lowest BCUT2D eigenvalue weighted by atomic mass is 10.1. The monoisotopic (exact) mass is 222 g/mol. The predicted octanol–water partition coefficient (Wildman–Crippen LogP) is 3.89. The molecule has 2 nitrogen and oxygen atoms in total. The summed E-state index contributed by atoms with van der Waals surface area (Å²) >= 11 is 0. The molecule has 0 aliphatic carbocycles. The Morgan fingerprint density at radius 2 is 1.62 bits per heavy atom. The van der Waals surface area contributed by atoms with Crippen LogP contribution in [-0.4, -0.2) is 9.78 Å². The van der Waals surface area contributed by atoms with Crippen LogP contribution in [0.2, 0.25) is 0 Å². The van der Waals surface area contributed by atoms with Gasteiger partial charge in [0.25, 0.3) is 0 Å². The van der Waals surface area contributed by atoms with Crippen molar-refractivity contribution in [3.63, 3.8) is 0 Å². The third kappa shape index (κ3) is 4.38. The molecular formula is C14H26N2. The molecule has 0 fully saturated rings. The van der Waals surface area contributed by atoms with Gasteiger partial charge in [0, 0.05) is 12.7 Å². The lowest BCUT2D eigenvalue weighted by Gasteiger charge is -1.99. The number of nitrogens with zero attached hydrogens (tertiary/aromatic N) is 2. The van der Waals surface area contributed by atoms with Gasteiger partial charge in [-0.25, -0.2) is 0 Å². The van der Waals surface area contributed by atoms with E-state index in [4.69, 9.17) is 0 Å². The van der Waals surface area contributed by atoms with E-state index < -0.39 is 0 Å². The van der Waals surface area contributed by atoms with Crippen molar-refractivity contribution in [3.8, 4) is 0 Å². The van der Waals surface area contributed by atoms with Gasteiger partial charge in [0.05, 0.1) is 5.69 Å². The molecule has 1 rings (SSSR count). The van der Waals surface area contributed by atoms with Gasteiger partial charge in [-0.3, -0.25) is 4.68 Å². The van der Waals surface area contributed by atoms with E-state index in [1.807, 2.05) is 0 Å². The van der Waals surface area contributed by atoms with E-state index in [0.717, 1.165) is 6.42 Å². The molecule has 2 heteroatoms. The second-order valence-electron chi connectivity index (χ2n) is 4.66. The van der Waals surface area contributed by atoms with Crippen LogP contribution in [0.15, 0.2) is 6.07 Å². The van der Waals surface area contributed by atoms with Crippen LogP contribution in [-0.2, 0) is 19.9 Å². The minimum absolute atomic E-state index is 1.15. The Kier molecular flexibility index (Phi) is 6.20. The van der Waals surface area contributed by atoms with Crippen LogP contribution in [0.3, 0.4) is 0 Å². The molecule has 92 valence electrons. The summed E-state index contributed by atoms with van der Waals surface area (Å²) in [5.74, 6) is 0. The molecule has 0 spiro atoms. The maximum atomic E-state index is 4.58. The average molecular weight is 222 g/mol. The normalized spacial score (nSPS) is 10.9. The molecule has 0 unspecified atom stereocenters. The van der Waals surface area contributed by atoms with Crippen molar-refractivity contribution in [1.82, 2.24) is 9.78 Å². The first kappa shape index (κ1) is 13.3. The zero-order valence-corrected chi connectivity index (χ0v) is 11.1. The molecule has 0 radical (unpaired) electrons. The SMILES string of the molecule is CCCCCc1cc(CCCCC)n(C)n1. The Balaban J connectivity index is 2.39. The summed E-state index contributed by atoms with van der Waals surface area (Å²) in [5, 5.41) is 4.58. The van der Waals surface area contributed by atoms with Gasteiger partial charge < -0.3 is 0 Å². The van der Waals surface area contributed by atoms with Crippen LogP contribution >= 0.6 is 0 Å². The number of hydrogen-bond donors (Lipinski definition) is 0. The summed E-state index contributed by atoms with van der Waals surface area (Å²) in [6.07, 6.45) is 10.1. The molecule has 0 atom stereocenters. The van der Waals surface area contributed by atoms with Crippen LogP contribution in [0.4, 0.5) is 0 Å². The standard InChI is InChI=1S/C14H26N2/c1-4-6-8-10-13-12-14(16(3)15-13)11-9-7-5-2/h12H,4-11H2,1-3H3. The van der Waals surface area contributed by atoms with Crippen LogP contribution in [0, 0.1) is 0 Å². The van der Waals surface area contributed by atoms with Crippen LogP contribution in [0.1, 0.15) is 63.8 Å². The molecule has 0 aliphatic rings. The van der Waals surface area contributed by atoms with Gasteiger partial charge in [-0.15, -0.1) is 0 Å². The molecule has 0 bridgehead atoms. The van der Waals surface area contributed by atoms with Crippen LogP contribution in [0.25, 0.3) is 0 Å². The van der Waals surface area contributed by atoms with E-state index in [-0.39, 0.29) is 0 Å². The first-order chi connectivity index (χ1) is 7.77. The van der Waals surface area contributed by atoms with Gasteiger partial charge in [-0.1, -0.05) is 39.5 Å². The molecule has 0 amide bonds. The maximum Gasteiger partial charge on any atom is 0.0627 e. The number of hydrogen-bond acceptors (Lipinski definition) is 1. The molecule has 1 heterocycles. The Hall–Kier alpha value is -0.790. The fourth-order valence-electron chi connectivity index (χ4n) is 2.04. The summed E-state index contributed by atoms with van der Waals surface area (Å²) in [5.41, 5.74) is 2.68. The van der Waals surface area contributed by atoms with Crippen molar-refractivity contribution < 1.29 is 0 Å². The number of rotatable bonds is 8. The first-order valence-electron chi connectivity index (χ1n) is 6.79. The smallest absolute Gasteiger partial charge is 0.0627 e. The van der Waals surface area contributed by atoms with Crippen molar-refractivity contribution >= 4 is 0 Å². The molecule has 0 saturated carbocycles. The zero-order valence-electron chi connectivity index (χ0n) is 11.1. The Morgan fingerprint density at radius 3 is 2.25 bits per heavy atom. The third-order valence-corrected chi connectivity index (χ3v) is 3.10. The fourth-order valence-corrected chi connectivity index (χ4v) is 2.04. The van der Waals surface area contributed by atoms with Gasteiger partial charge in [0.1, 0.15) is 0 Å². The van der Waals surface area contributed by atoms with E-state index in [9.17, 15) is 0 Å². The molecule has 16 heavy (non-hydrogen) atoms. The number of aryl methyl sites for hydroxylation is 3. The summed E-state index contributed by atoms with van der Waals surface area (Å²) in [6, 6.07) is 2.30. The minimum atomic E-state index is 1.15. The predicted molar refractivity (Wildman–Crippen MR) is 69.7 cm³/mol. The molecule has 0 N–H and O–H groups in total. The highest BCUT2D eigenvalue weighted by Crippen LogP contribution is 2.11. The Bertz CT molecular complexity index is 289. The lowest BCUT2D eigenvalue weighted by Crippen LogP contribution is -1.98. The van der Waals surface area contributed by atoms with Crippen molar-refractivity contribution in [1.29, 1.82) is 0 Å². The highest BCUT2D eigenvalue weighted by Gasteiger charge is 2.04. The van der Waals surface area contributed by atoms with E-state index >= 15 is 0 Å². The van der Waals surface area contributed by atoms with Crippen molar-refractivity contribution in [3.05, 3.63) is 17.5 Å². The van der Waals surface area contributed by atoms with Crippen molar-refractivity contribution in [2.24, 2.45) is 7.05 Å². The average Bonchev–Trinajstić information content (AvgIpc) is 2.61. The zero-order chi connectivity index (χ0) is 11.8. The first-order valence-corrected chi connectivity index (χ1v) is 6.79. The fraction of sp³-hybridized carbons (Fsp3) is 0.786. The topological polar surface area (TPSA) is 17.8 Å². The van der Waals surface area contributed by atoms with Crippen LogP contribution in [0.5, 0.6) is 0 Å². The number of unbranched alkanes of at least 4 members (excludes halogenated alkanes) is 4. The van der Waals surface area contributed by atoms with Crippen molar-refractivity contribution in [2.45, 2.75) is 65.2 Å². The van der Waals surface area contributed by atoms with E-state index in [0.29, 0.717) is 0 Å². The second-order valence-corrected chi connectivity index (χ2v) is 4.66. The molecule has 1 aromatic heterocycles. The second kappa shape index (κ2) is 7.48. The maximum absolute atomic E-state index is 4.58. The van der Waals surface area contributed by atoms with Gasteiger partial charge >= 0.3 is 0 Å². The van der Waals surface area contributed by atoms with Crippen molar-refractivity contribution in [2.75, 3.05) is 0 Å². The molecule has 0 aliphatic heterocycles. The van der Waals surface area contributed by atoms with E-state index in [2.05, 4.69) is 36.7 Å². The van der Waals surface area contributed by atoms with E-state index in [1.54, 1.807) is 0 Å². The third-order valence-electron chi connectivity index (χ3n) is 3.10. The van der Waals surface area contributed by atoms with Gasteiger partial charge in [0.15, 0.2) is 0 Å². The largest absolute Gasteiger partial charge is 0.272 e. The lowest BCUT2D eigenvalue weighted by molar-refractivity contribution is 0.642. The van der Waals surface area contributed by atoms with Gasteiger partial charge in [-0.05, 0) is 31.7 Å². The van der Waals surface area contributed by atoms with E-state index in [1.165, 1.54) is 56.3 Å². The molecule has 1 aromatic rings. The summed E-state index contributed by atoms with van der Waals surface area (Å²) in [4.78, 5) is 0. The molecular weight excluding hydrogens is 196 g/mol. The Labute approximate surface area is 100 Å². The minimum Gasteiger partial charge on any atom is -0.272 e. The van der Waals surface area contributed by atoms with Crippen LogP contribution < -0.4 is 0 Å². The summed E-state index contributed by atoms with van der Waals surface area (Å²) < 4.78 is 2.07. The molecule has 0 saturated heterocycles. The highest BCUT2D eigenvalue weighted by molar-refractivity contribution is 5.10. The Morgan fingerprint density at radius 1 is 1.00 bits per heavy atom.